The smallest absolute Gasteiger partial charge is 0.303 e. The molecule has 0 bridgehead atoms. The van der Waals surface area contributed by atoms with Gasteiger partial charge in [-0.05, 0) is 43.9 Å². The van der Waals surface area contributed by atoms with Crippen molar-refractivity contribution in [2.24, 2.45) is 17.8 Å². The van der Waals surface area contributed by atoms with E-state index in [0.29, 0.717) is 24.5 Å². The van der Waals surface area contributed by atoms with Gasteiger partial charge in [0.05, 0.1) is 6.10 Å². The first-order chi connectivity index (χ1) is 10.9. The van der Waals surface area contributed by atoms with Crippen molar-refractivity contribution in [3.8, 4) is 0 Å². The highest BCUT2D eigenvalue weighted by Crippen LogP contribution is 2.33. The Morgan fingerprint density at radius 3 is 2.65 bits per heavy atom. The Kier molecular flexibility index (Phi) is 8.85. The number of rotatable bonds is 10. The Morgan fingerprint density at radius 2 is 2.00 bits per heavy atom. The largest absolute Gasteiger partial charge is 0.481 e. The van der Waals surface area contributed by atoms with Gasteiger partial charge in [0.15, 0.2) is 0 Å². The van der Waals surface area contributed by atoms with Crippen LogP contribution in [0.2, 0.25) is 0 Å². The molecule has 3 unspecified atom stereocenters. The molecule has 0 aromatic rings. The molecule has 0 aromatic heterocycles. The highest BCUT2D eigenvalue weighted by atomic mass is 16.4. The molecular formula is C19H30O4. The maximum absolute atomic E-state index is 12.0. The topological polar surface area (TPSA) is 74.6 Å². The highest BCUT2D eigenvalue weighted by molar-refractivity contribution is 5.83. The summed E-state index contributed by atoms with van der Waals surface area (Å²) in [7, 11) is 0. The SMILES string of the molecule is CC(C)CC(O)C=CC1CCC(=O)C1CCC=CCCC(=O)O. The van der Waals surface area contributed by atoms with E-state index >= 15 is 0 Å². The molecule has 1 aliphatic rings. The summed E-state index contributed by atoms with van der Waals surface area (Å²) in [6.07, 6.45) is 11.8. The van der Waals surface area contributed by atoms with Crippen molar-refractivity contribution in [1.29, 1.82) is 0 Å². The zero-order chi connectivity index (χ0) is 17.2. The van der Waals surface area contributed by atoms with E-state index < -0.39 is 12.1 Å². The number of Topliss-reactive ketones (excluding diaryl/α,β-unsaturated/α-hetero) is 1. The second-order valence-corrected chi connectivity index (χ2v) is 6.84. The van der Waals surface area contributed by atoms with Crippen LogP contribution < -0.4 is 0 Å². The van der Waals surface area contributed by atoms with Gasteiger partial charge in [-0.25, -0.2) is 0 Å². The van der Waals surface area contributed by atoms with Gasteiger partial charge < -0.3 is 10.2 Å². The minimum atomic E-state index is -0.786. The Morgan fingerprint density at radius 1 is 1.30 bits per heavy atom. The van der Waals surface area contributed by atoms with Crippen LogP contribution in [-0.4, -0.2) is 28.1 Å². The zero-order valence-electron chi connectivity index (χ0n) is 14.3. The minimum absolute atomic E-state index is 0.0432. The zero-order valence-corrected chi connectivity index (χ0v) is 14.3. The molecule has 4 heteroatoms. The van der Waals surface area contributed by atoms with Crippen LogP contribution in [-0.2, 0) is 9.59 Å². The van der Waals surface area contributed by atoms with E-state index in [4.69, 9.17) is 5.11 Å². The second-order valence-electron chi connectivity index (χ2n) is 6.84. The van der Waals surface area contributed by atoms with E-state index in [-0.39, 0.29) is 18.3 Å². The van der Waals surface area contributed by atoms with Gasteiger partial charge in [-0.3, -0.25) is 9.59 Å². The number of carbonyl (C=O) groups is 2. The summed E-state index contributed by atoms with van der Waals surface area (Å²) in [6, 6.07) is 0. The first-order valence-corrected chi connectivity index (χ1v) is 8.66. The third-order valence-corrected chi connectivity index (χ3v) is 4.28. The Bertz CT molecular complexity index is 437. The lowest BCUT2D eigenvalue weighted by atomic mass is 9.90. The fourth-order valence-corrected chi connectivity index (χ4v) is 3.09. The van der Waals surface area contributed by atoms with Crippen LogP contribution in [0.5, 0.6) is 0 Å². The molecule has 3 atom stereocenters. The first-order valence-electron chi connectivity index (χ1n) is 8.66. The third kappa shape index (κ3) is 8.12. The van der Waals surface area contributed by atoms with Gasteiger partial charge in [0.25, 0.3) is 0 Å². The number of carbonyl (C=O) groups excluding carboxylic acids is 1. The molecule has 2 N–H and O–H groups in total. The molecule has 0 saturated heterocycles. The van der Waals surface area contributed by atoms with Crippen LogP contribution in [0.3, 0.4) is 0 Å². The van der Waals surface area contributed by atoms with E-state index in [1.54, 1.807) is 0 Å². The molecule has 0 heterocycles. The minimum Gasteiger partial charge on any atom is -0.481 e. The molecule has 0 radical (unpaired) electrons. The fraction of sp³-hybridized carbons (Fsp3) is 0.684. The molecule has 1 rings (SSSR count). The van der Waals surface area contributed by atoms with Gasteiger partial charge in [0, 0.05) is 18.8 Å². The van der Waals surface area contributed by atoms with Crippen molar-refractivity contribution in [1.82, 2.24) is 0 Å². The molecule has 0 spiro atoms. The summed E-state index contributed by atoms with van der Waals surface area (Å²) >= 11 is 0. The normalized spacial score (nSPS) is 23.4. The van der Waals surface area contributed by atoms with E-state index in [2.05, 4.69) is 13.8 Å². The van der Waals surface area contributed by atoms with Gasteiger partial charge in [-0.2, -0.15) is 0 Å². The summed E-state index contributed by atoms with van der Waals surface area (Å²) in [6.45, 7) is 4.16. The predicted octanol–water partition coefficient (Wildman–Crippen LogP) is 3.75. The molecule has 130 valence electrons. The van der Waals surface area contributed by atoms with Crippen molar-refractivity contribution in [2.75, 3.05) is 0 Å². The van der Waals surface area contributed by atoms with Crippen LogP contribution in [0.1, 0.15) is 58.8 Å². The number of aliphatic hydroxyl groups excluding tert-OH is 1. The van der Waals surface area contributed by atoms with Gasteiger partial charge in [-0.1, -0.05) is 38.2 Å². The lowest BCUT2D eigenvalue weighted by Crippen LogP contribution is -2.14. The number of carboxylic acids is 1. The quantitative estimate of drug-likeness (QED) is 0.601. The molecule has 4 nitrogen and oxygen atoms in total. The lowest BCUT2D eigenvalue weighted by molar-refractivity contribution is -0.136. The number of aliphatic carboxylic acids is 1. The van der Waals surface area contributed by atoms with E-state index in [9.17, 15) is 14.7 Å². The maximum atomic E-state index is 12.0. The maximum Gasteiger partial charge on any atom is 0.303 e. The van der Waals surface area contributed by atoms with Crippen LogP contribution in [0.4, 0.5) is 0 Å². The molecule has 1 aliphatic carbocycles. The summed E-state index contributed by atoms with van der Waals surface area (Å²) in [5, 5.41) is 18.5. The van der Waals surface area contributed by atoms with Gasteiger partial charge in [0.1, 0.15) is 5.78 Å². The fourth-order valence-electron chi connectivity index (χ4n) is 3.09. The number of ketones is 1. The highest BCUT2D eigenvalue weighted by Gasteiger charge is 2.32. The van der Waals surface area contributed by atoms with Crippen molar-refractivity contribution < 1.29 is 19.8 Å². The number of allylic oxidation sites excluding steroid dienone is 3. The van der Waals surface area contributed by atoms with Crippen LogP contribution in [0, 0.1) is 17.8 Å². The average molecular weight is 322 g/mol. The third-order valence-electron chi connectivity index (χ3n) is 4.28. The van der Waals surface area contributed by atoms with Crippen molar-refractivity contribution in [2.45, 2.75) is 64.9 Å². The van der Waals surface area contributed by atoms with Gasteiger partial charge in [-0.15, -0.1) is 0 Å². The van der Waals surface area contributed by atoms with E-state index in [1.807, 2.05) is 24.3 Å². The van der Waals surface area contributed by atoms with Crippen molar-refractivity contribution in [3.63, 3.8) is 0 Å². The molecule has 1 saturated carbocycles. The van der Waals surface area contributed by atoms with E-state index in [1.165, 1.54) is 0 Å². The molecule has 23 heavy (non-hydrogen) atoms. The Balaban J connectivity index is 2.40. The van der Waals surface area contributed by atoms with Gasteiger partial charge >= 0.3 is 5.97 Å². The summed E-state index contributed by atoms with van der Waals surface area (Å²) in [5.74, 6) is 0.257. The number of carboxylic acid groups (broad SMARTS) is 1. The standard InChI is InChI=1S/C19H30O4/c1-14(2)13-16(20)11-9-15-10-12-18(21)17(15)7-5-3-4-6-8-19(22)23/h3-4,9,11,14-17,20H,5-8,10,12-13H2,1-2H3,(H,22,23). The second kappa shape index (κ2) is 10.4. The van der Waals surface area contributed by atoms with Crippen molar-refractivity contribution >= 4 is 11.8 Å². The molecular weight excluding hydrogens is 292 g/mol. The molecule has 0 aromatic carbocycles. The van der Waals surface area contributed by atoms with Crippen LogP contribution >= 0.6 is 0 Å². The van der Waals surface area contributed by atoms with Crippen molar-refractivity contribution in [3.05, 3.63) is 24.3 Å². The average Bonchev–Trinajstić information content (AvgIpc) is 2.80. The summed E-state index contributed by atoms with van der Waals surface area (Å²) < 4.78 is 0. The number of hydrogen-bond donors (Lipinski definition) is 2. The first kappa shape index (κ1) is 19.6. The summed E-state index contributed by atoms with van der Waals surface area (Å²) in [5.41, 5.74) is 0. The van der Waals surface area contributed by atoms with Crippen LogP contribution in [0.15, 0.2) is 24.3 Å². The Hall–Kier alpha value is -1.42. The molecule has 0 aliphatic heterocycles. The Labute approximate surface area is 139 Å². The number of hydrogen-bond acceptors (Lipinski definition) is 3. The predicted molar refractivity (Wildman–Crippen MR) is 91.1 cm³/mol. The monoisotopic (exact) mass is 322 g/mol. The van der Waals surface area contributed by atoms with Crippen LogP contribution in [0.25, 0.3) is 0 Å². The molecule has 1 fully saturated rings. The van der Waals surface area contributed by atoms with E-state index in [0.717, 1.165) is 25.7 Å². The molecule has 0 amide bonds. The number of aliphatic hydroxyl groups is 1. The lowest BCUT2D eigenvalue weighted by Gasteiger charge is -2.15. The van der Waals surface area contributed by atoms with Gasteiger partial charge in [0.2, 0.25) is 0 Å². The summed E-state index contributed by atoms with van der Waals surface area (Å²) in [4.78, 5) is 22.4.